The van der Waals surface area contributed by atoms with Gasteiger partial charge in [-0.1, -0.05) is 32.0 Å². The molecule has 0 bridgehead atoms. The van der Waals surface area contributed by atoms with E-state index in [1.807, 2.05) is 18.2 Å². The lowest BCUT2D eigenvalue weighted by molar-refractivity contribution is -0.118. The molecule has 2 N–H and O–H groups in total. The van der Waals surface area contributed by atoms with Crippen LogP contribution in [0.1, 0.15) is 13.8 Å². The number of para-hydroxylation sites is 1. The number of carbonyl (C=O) groups is 1. The molecule has 1 amide bonds. The van der Waals surface area contributed by atoms with E-state index in [0.717, 1.165) is 0 Å². The van der Waals surface area contributed by atoms with E-state index in [9.17, 15) is 13.2 Å². The van der Waals surface area contributed by atoms with Crippen molar-refractivity contribution in [2.24, 2.45) is 5.92 Å². The summed E-state index contributed by atoms with van der Waals surface area (Å²) in [6, 6.07) is 15.2. The van der Waals surface area contributed by atoms with Crippen LogP contribution in [0.3, 0.4) is 0 Å². The molecule has 0 saturated carbocycles. The molecule has 2 aromatic rings. The number of anilines is 1. The van der Waals surface area contributed by atoms with Gasteiger partial charge in [-0.3, -0.25) is 4.79 Å². The summed E-state index contributed by atoms with van der Waals surface area (Å²) < 4.78 is 32.4. The summed E-state index contributed by atoms with van der Waals surface area (Å²) in [7, 11) is -3.62. The molecule has 2 rings (SSSR count). The Morgan fingerprint density at radius 3 is 2.28 bits per heavy atom. The molecule has 0 saturated heterocycles. The number of carbonyl (C=O) groups excluding carboxylic acids is 1. The molecule has 0 aliphatic rings. The molecule has 0 atom stereocenters. The number of amides is 1. The second-order valence-corrected chi connectivity index (χ2v) is 7.49. The van der Waals surface area contributed by atoms with E-state index >= 15 is 0 Å². The van der Waals surface area contributed by atoms with Gasteiger partial charge in [0.1, 0.15) is 12.4 Å². The Balaban J connectivity index is 1.87. The Morgan fingerprint density at radius 2 is 1.68 bits per heavy atom. The van der Waals surface area contributed by atoms with Gasteiger partial charge in [-0.05, 0) is 36.4 Å². The van der Waals surface area contributed by atoms with Crippen molar-refractivity contribution in [1.29, 1.82) is 0 Å². The normalized spacial score (nSPS) is 11.3. The molecule has 6 nitrogen and oxygen atoms in total. The minimum atomic E-state index is -3.62. The largest absolute Gasteiger partial charge is 0.492 e. The molecule has 0 heterocycles. The van der Waals surface area contributed by atoms with E-state index in [-0.39, 0.29) is 29.9 Å². The molecule has 0 aliphatic carbocycles. The predicted molar refractivity (Wildman–Crippen MR) is 97.0 cm³/mol. The first-order valence-corrected chi connectivity index (χ1v) is 9.45. The Labute approximate surface area is 148 Å². The van der Waals surface area contributed by atoms with Crippen LogP contribution >= 0.6 is 0 Å². The lowest BCUT2D eigenvalue weighted by atomic mass is 10.2. The van der Waals surface area contributed by atoms with Crippen molar-refractivity contribution in [2.75, 3.05) is 18.5 Å². The quantitative estimate of drug-likeness (QED) is 0.707. The highest BCUT2D eigenvalue weighted by molar-refractivity contribution is 7.89. The summed E-state index contributed by atoms with van der Waals surface area (Å²) in [5, 5.41) is 2.72. The Bertz CT molecular complexity index is 788. The van der Waals surface area contributed by atoms with Gasteiger partial charge in [0, 0.05) is 18.2 Å². The molecular weight excluding hydrogens is 340 g/mol. The molecule has 0 fully saturated rings. The maximum Gasteiger partial charge on any atom is 0.240 e. The molecular formula is C18H22N2O4S. The molecule has 0 aromatic heterocycles. The van der Waals surface area contributed by atoms with Gasteiger partial charge in [-0.25, -0.2) is 13.1 Å². The third-order valence-corrected chi connectivity index (χ3v) is 4.84. The third kappa shape index (κ3) is 5.88. The molecule has 0 unspecified atom stereocenters. The maximum absolute atomic E-state index is 12.2. The fourth-order valence-corrected chi connectivity index (χ4v) is 2.96. The van der Waals surface area contributed by atoms with Crippen LogP contribution < -0.4 is 14.8 Å². The highest BCUT2D eigenvalue weighted by atomic mass is 32.2. The number of hydrogen-bond donors (Lipinski definition) is 2. The van der Waals surface area contributed by atoms with Crippen molar-refractivity contribution in [3.8, 4) is 5.75 Å². The average molecular weight is 362 g/mol. The zero-order valence-corrected chi connectivity index (χ0v) is 15.0. The van der Waals surface area contributed by atoms with E-state index in [1.165, 1.54) is 12.1 Å². The van der Waals surface area contributed by atoms with Crippen molar-refractivity contribution in [2.45, 2.75) is 18.7 Å². The van der Waals surface area contributed by atoms with E-state index in [1.54, 1.807) is 38.1 Å². The minimum absolute atomic E-state index is 0.119. The second kappa shape index (κ2) is 8.64. The van der Waals surface area contributed by atoms with Crippen LogP contribution in [0.2, 0.25) is 0 Å². The van der Waals surface area contributed by atoms with Crippen molar-refractivity contribution in [3.63, 3.8) is 0 Å². The Kier molecular flexibility index (Phi) is 6.55. The van der Waals surface area contributed by atoms with Crippen LogP contribution in [0.4, 0.5) is 5.69 Å². The van der Waals surface area contributed by atoms with Gasteiger partial charge in [0.25, 0.3) is 0 Å². The highest BCUT2D eigenvalue weighted by Crippen LogP contribution is 2.15. The number of hydrogen-bond acceptors (Lipinski definition) is 4. The molecule has 25 heavy (non-hydrogen) atoms. The van der Waals surface area contributed by atoms with E-state index < -0.39 is 10.0 Å². The minimum Gasteiger partial charge on any atom is -0.492 e. The van der Waals surface area contributed by atoms with Crippen molar-refractivity contribution in [3.05, 3.63) is 54.6 Å². The summed E-state index contributed by atoms with van der Waals surface area (Å²) in [5.74, 6) is 0.424. The van der Waals surface area contributed by atoms with Crippen molar-refractivity contribution < 1.29 is 17.9 Å². The molecule has 0 aliphatic heterocycles. The molecule has 134 valence electrons. The van der Waals surface area contributed by atoms with Crippen LogP contribution in [0.5, 0.6) is 5.75 Å². The van der Waals surface area contributed by atoms with Crippen LogP contribution in [0, 0.1) is 5.92 Å². The third-order valence-electron chi connectivity index (χ3n) is 3.36. The van der Waals surface area contributed by atoms with Gasteiger partial charge in [0.05, 0.1) is 4.90 Å². The molecule has 0 spiro atoms. The van der Waals surface area contributed by atoms with Gasteiger partial charge in [-0.15, -0.1) is 0 Å². The zero-order valence-electron chi connectivity index (χ0n) is 14.2. The smallest absolute Gasteiger partial charge is 0.240 e. The van der Waals surface area contributed by atoms with Crippen LogP contribution in [0.25, 0.3) is 0 Å². The van der Waals surface area contributed by atoms with Crippen LogP contribution in [-0.2, 0) is 14.8 Å². The van der Waals surface area contributed by atoms with Crippen molar-refractivity contribution in [1.82, 2.24) is 4.72 Å². The summed E-state index contributed by atoms with van der Waals surface area (Å²) in [6.07, 6.45) is 0. The average Bonchev–Trinajstić information content (AvgIpc) is 2.60. The lowest BCUT2D eigenvalue weighted by Crippen LogP contribution is -2.28. The van der Waals surface area contributed by atoms with E-state index in [4.69, 9.17) is 4.74 Å². The zero-order chi connectivity index (χ0) is 18.3. The summed E-state index contributed by atoms with van der Waals surface area (Å²) in [5.41, 5.74) is 0.560. The van der Waals surface area contributed by atoms with Gasteiger partial charge >= 0.3 is 0 Å². The fourth-order valence-electron chi connectivity index (χ4n) is 1.95. The first-order valence-electron chi connectivity index (χ1n) is 7.97. The van der Waals surface area contributed by atoms with Crippen molar-refractivity contribution >= 4 is 21.6 Å². The molecule has 7 heteroatoms. The lowest BCUT2D eigenvalue weighted by Gasteiger charge is -2.10. The molecule has 0 radical (unpaired) electrons. The first kappa shape index (κ1) is 19.0. The number of nitrogens with one attached hydrogen (secondary N) is 2. The van der Waals surface area contributed by atoms with Gasteiger partial charge in [0.15, 0.2) is 0 Å². The topological polar surface area (TPSA) is 84.5 Å². The van der Waals surface area contributed by atoms with Gasteiger partial charge < -0.3 is 10.1 Å². The monoisotopic (exact) mass is 362 g/mol. The highest BCUT2D eigenvalue weighted by Gasteiger charge is 2.14. The number of sulfonamides is 1. The summed E-state index contributed by atoms with van der Waals surface area (Å²) >= 11 is 0. The molecule has 2 aromatic carbocycles. The first-order chi connectivity index (χ1) is 11.9. The van der Waals surface area contributed by atoms with E-state index in [0.29, 0.717) is 11.4 Å². The fraction of sp³-hybridized carbons (Fsp3) is 0.278. The second-order valence-electron chi connectivity index (χ2n) is 5.73. The Hall–Kier alpha value is -2.38. The van der Waals surface area contributed by atoms with Gasteiger partial charge in [0.2, 0.25) is 15.9 Å². The maximum atomic E-state index is 12.2. The van der Waals surface area contributed by atoms with E-state index in [2.05, 4.69) is 10.0 Å². The number of rotatable bonds is 8. The standard InChI is InChI=1S/C18H22N2O4S/c1-14(2)18(21)20-15-8-10-17(11-9-15)25(22,23)19-12-13-24-16-6-4-3-5-7-16/h3-11,14,19H,12-13H2,1-2H3,(H,20,21). The number of benzene rings is 2. The SMILES string of the molecule is CC(C)C(=O)Nc1ccc(S(=O)(=O)NCCOc2ccccc2)cc1. The summed E-state index contributed by atoms with van der Waals surface area (Å²) in [6.45, 7) is 3.96. The van der Waals surface area contributed by atoms with Crippen LogP contribution in [0.15, 0.2) is 59.5 Å². The number of ether oxygens (including phenoxy) is 1. The predicted octanol–water partition coefficient (Wildman–Crippen LogP) is 2.64. The van der Waals surface area contributed by atoms with Crippen LogP contribution in [-0.4, -0.2) is 27.5 Å². The summed E-state index contributed by atoms with van der Waals surface area (Å²) in [4.78, 5) is 11.8. The van der Waals surface area contributed by atoms with Gasteiger partial charge in [-0.2, -0.15) is 0 Å². The Morgan fingerprint density at radius 1 is 1.04 bits per heavy atom.